The fourth-order valence-electron chi connectivity index (χ4n) is 1.39. The first-order chi connectivity index (χ1) is 5.97. The molecule has 2 atom stereocenters. The lowest BCUT2D eigenvalue weighted by molar-refractivity contribution is 0.571. The van der Waals surface area contributed by atoms with E-state index in [9.17, 15) is 8.42 Å². The van der Waals surface area contributed by atoms with Gasteiger partial charge in [-0.25, -0.2) is 8.42 Å². The van der Waals surface area contributed by atoms with Crippen LogP contribution in [-0.2, 0) is 9.84 Å². The van der Waals surface area contributed by atoms with Gasteiger partial charge in [0.2, 0.25) is 0 Å². The normalized spacial score (nSPS) is 31.2. The molecule has 0 spiro atoms. The first-order valence-corrected chi connectivity index (χ1v) is 6.29. The molecule has 0 amide bonds. The average molecular weight is 222 g/mol. The number of hydrogen-bond acceptors (Lipinski definition) is 3. The van der Waals surface area contributed by atoms with E-state index in [1.165, 1.54) is 0 Å². The maximum atomic E-state index is 11.3. The standard InChI is InChI=1S/C7H14N2O2S2/c1-5-6(9-7(12)8-2)3-4-13(5,10)11/h5-6H,3-4H2,1-2H3,(H2,8,9,12). The van der Waals surface area contributed by atoms with Crippen LogP contribution in [0.25, 0.3) is 0 Å². The van der Waals surface area contributed by atoms with Gasteiger partial charge in [-0.05, 0) is 25.6 Å². The number of thiocarbonyl (C=S) groups is 1. The van der Waals surface area contributed by atoms with Gasteiger partial charge in [0.1, 0.15) is 0 Å². The Morgan fingerprint density at radius 1 is 1.54 bits per heavy atom. The van der Waals surface area contributed by atoms with Crippen LogP contribution >= 0.6 is 12.2 Å². The summed E-state index contributed by atoms with van der Waals surface area (Å²) in [6.45, 7) is 1.72. The molecule has 2 N–H and O–H groups in total. The van der Waals surface area contributed by atoms with Crippen LogP contribution in [-0.4, -0.2) is 37.6 Å². The van der Waals surface area contributed by atoms with Gasteiger partial charge in [-0.15, -0.1) is 0 Å². The summed E-state index contributed by atoms with van der Waals surface area (Å²) in [5.74, 6) is 0.262. The third-order valence-electron chi connectivity index (χ3n) is 2.39. The van der Waals surface area contributed by atoms with Crippen LogP contribution in [0.5, 0.6) is 0 Å². The molecule has 0 radical (unpaired) electrons. The van der Waals surface area contributed by atoms with Gasteiger partial charge in [0, 0.05) is 13.1 Å². The van der Waals surface area contributed by atoms with Crippen molar-refractivity contribution in [2.45, 2.75) is 24.6 Å². The summed E-state index contributed by atoms with van der Waals surface area (Å²) in [5.41, 5.74) is 0. The van der Waals surface area contributed by atoms with E-state index in [1.54, 1.807) is 14.0 Å². The van der Waals surface area contributed by atoms with Crippen LogP contribution in [0, 0.1) is 0 Å². The third kappa shape index (κ3) is 2.31. The predicted octanol–water partition coefficient (Wildman–Crippen LogP) is -0.344. The highest BCUT2D eigenvalue weighted by molar-refractivity contribution is 7.92. The quantitative estimate of drug-likeness (QED) is 0.594. The van der Waals surface area contributed by atoms with E-state index in [2.05, 4.69) is 10.6 Å². The second-order valence-electron chi connectivity index (χ2n) is 3.19. The zero-order valence-corrected chi connectivity index (χ0v) is 9.33. The highest BCUT2D eigenvalue weighted by atomic mass is 32.2. The lowest BCUT2D eigenvalue weighted by Gasteiger charge is -2.17. The molecule has 2 unspecified atom stereocenters. The average Bonchev–Trinajstić information content (AvgIpc) is 2.32. The first kappa shape index (κ1) is 10.7. The third-order valence-corrected chi connectivity index (χ3v) is 4.98. The van der Waals surface area contributed by atoms with Crippen molar-refractivity contribution in [3.63, 3.8) is 0 Å². The van der Waals surface area contributed by atoms with Crippen molar-refractivity contribution in [3.05, 3.63) is 0 Å². The van der Waals surface area contributed by atoms with E-state index in [0.717, 1.165) is 0 Å². The summed E-state index contributed by atoms with van der Waals surface area (Å²) in [5, 5.41) is 5.91. The van der Waals surface area contributed by atoms with Crippen LogP contribution in [0.3, 0.4) is 0 Å². The number of hydrogen-bond donors (Lipinski definition) is 2. The molecule has 1 rings (SSSR count). The summed E-state index contributed by atoms with van der Waals surface area (Å²) in [4.78, 5) is 0. The first-order valence-electron chi connectivity index (χ1n) is 4.17. The van der Waals surface area contributed by atoms with E-state index in [4.69, 9.17) is 12.2 Å². The Kier molecular flexibility index (Phi) is 3.13. The monoisotopic (exact) mass is 222 g/mol. The Balaban J connectivity index is 2.61. The molecule has 6 heteroatoms. The number of sulfone groups is 1. The largest absolute Gasteiger partial charge is 0.366 e. The van der Waals surface area contributed by atoms with E-state index in [0.29, 0.717) is 11.5 Å². The molecule has 0 aromatic carbocycles. The molecule has 0 bridgehead atoms. The Morgan fingerprint density at radius 2 is 2.15 bits per heavy atom. The summed E-state index contributed by atoms with van der Waals surface area (Å²) < 4.78 is 22.7. The fourth-order valence-corrected chi connectivity index (χ4v) is 3.20. The number of nitrogens with one attached hydrogen (secondary N) is 2. The Labute approximate surface area is 84.0 Å². The fraction of sp³-hybridized carbons (Fsp3) is 0.857. The van der Waals surface area contributed by atoms with Gasteiger partial charge in [0.25, 0.3) is 0 Å². The minimum atomic E-state index is -2.88. The van der Waals surface area contributed by atoms with Gasteiger partial charge < -0.3 is 10.6 Å². The van der Waals surface area contributed by atoms with Gasteiger partial charge in [-0.3, -0.25) is 0 Å². The van der Waals surface area contributed by atoms with Crippen LogP contribution in [0.4, 0.5) is 0 Å². The molecule has 1 fully saturated rings. The van der Waals surface area contributed by atoms with Crippen molar-refractivity contribution >= 4 is 27.2 Å². The van der Waals surface area contributed by atoms with Gasteiger partial charge in [0.05, 0.1) is 11.0 Å². The second kappa shape index (κ2) is 3.79. The highest BCUT2D eigenvalue weighted by Crippen LogP contribution is 2.19. The molecule has 4 nitrogen and oxygen atoms in total. The maximum Gasteiger partial charge on any atom is 0.166 e. The Bertz CT molecular complexity index is 300. The van der Waals surface area contributed by atoms with Crippen molar-refractivity contribution in [2.75, 3.05) is 12.8 Å². The maximum absolute atomic E-state index is 11.3. The summed E-state index contributed by atoms with van der Waals surface area (Å²) in [6.07, 6.45) is 0.644. The minimum absolute atomic E-state index is 0.0371. The van der Waals surface area contributed by atoms with Crippen LogP contribution in [0.1, 0.15) is 13.3 Å². The molecular formula is C7H14N2O2S2. The lowest BCUT2D eigenvalue weighted by atomic mass is 10.2. The summed E-state index contributed by atoms with van der Waals surface area (Å²) >= 11 is 4.90. The van der Waals surface area contributed by atoms with E-state index >= 15 is 0 Å². The van der Waals surface area contributed by atoms with Crippen molar-refractivity contribution in [3.8, 4) is 0 Å². The molecular weight excluding hydrogens is 208 g/mol. The highest BCUT2D eigenvalue weighted by Gasteiger charge is 2.36. The zero-order valence-electron chi connectivity index (χ0n) is 7.70. The lowest BCUT2D eigenvalue weighted by Crippen LogP contribution is -2.44. The molecule has 0 aromatic heterocycles. The van der Waals surface area contributed by atoms with E-state index < -0.39 is 9.84 Å². The molecule has 13 heavy (non-hydrogen) atoms. The SMILES string of the molecule is CNC(=S)NC1CCS(=O)(=O)C1C. The molecule has 1 aliphatic rings. The molecule has 0 saturated carbocycles. The van der Waals surface area contributed by atoms with Gasteiger partial charge in [-0.2, -0.15) is 0 Å². The molecule has 76 valence electrons. The molecule has 1 saturated heterocycles. The van der Waals surface area contributed by atoms with Crippen molar-refractivity contribution in [2.24, 2.45) is 0 Å². The summed E-state index contributed by atoms with van der Waals surface area (Å²) in [7, 11) is -1.17. The van der Waals surface area contributed by atoms with Gasteiger partial charge in [0.15, 0.2) is 14.9 Å². The topological polar surface area (TPSA) is 58.2 Å². The van der Waals surface area contributed by atoms with Crippen LogP contribution in [0.15, 0.2) is 0 Å². The molecule has 1 aliphatic heterocycles. The van der Waals surface area contributed by atoms with Crippen molar-refractivity contribution in [1.29, 1.82) is 0 Å². The van der Waals surface area contributed by atoms with E-state index in [-0.39, 0.29) is 17.0 Å². The zero-order chi connectivity index (χ0) is 10.1. The molecule has 0 aromatic rings. The Hall–Kier alpha value is -0.360. The number of rotatable bonds is 1. The van der Waals surface area contributed by atoms with Crippen LogP contribution in [0.2, 0.25) is 0 Å². The minimum Gasteiger partial charge on any atom is -0.366 e. The van der Waals surface area contributed by atoms with Crippen molar-refractivity contribution in [1.82, 2.24) is 10.6 Å². The van der Waals surface area contributed by atoms with Crippen LogP contribution < -0.4 is 10.6 Å². The molecule has 1 heterocycles. The molecule has 0 aliphatic carbocycles. The van der Waals surface area contributed by atoms with E-state index in [1.807, 2.05) is 0 Å². The predicted molar refractivity (Wildman–Crippen MR) is 56.4 cm³/mol. The van der Waals surface area contributed by atoms with Crippen molar-refractivity contribution < 1.29 is 8.42 Å². The smallest absolute Gasteiger partial charge is 0.166 e. The second-order valence-corrected chi connectivity index (χ2v) is 6.08. The summed E-state index contributed by atoms with van der Waals surface area (Å²) in [6, 6.07) is -0.0371. The van der Waals surface area contributed by atoms with Gasteiger partial charge >= 0.3 is 0 Å². The Morgan fingerprint density at radius 3 is 2.54 bits per heavy atom. The van der Waals surface area contributed by atoms with Gasteiger partial charge in [-0.1, -0.05) is 0 Å².